The molecule has 0 fully saturated rings. The summed E-state index contributed by atoms with van der Waals surface area (Å²) in [6, 6.07) is 0. The number of rotatable bonds is 14. The molecule has 0 amide bonds. The second kappa shape index (κ2) is 11.4. The van der Waals surface area contributed by atoms with E-state index in [0.29, 0.717) is 0 Å². The topological polar surface area (TPSA) is 35.5 Å². The van der Waals surface area contributed by atoms with E-state index in [-0.39, 0.29) is 0 Å². The van der Waals surface area contributed by atoms with Gasteiger partial charge in [-0.2, -0.15) is 4.21 Å². The van der Waals surface area contributed by atoms with Crippen molar-refractivity contribution in [2.45, 2.75) is 75.4 Å². The van der Waals surface area contributed by atoms with Crippen LogP contribution < -0.4 is 0 Å². The van der Waals surface area contributed by atoms with Crippen LogP contribution in [0.5, 0.6) is 0 Å². The molecule has 28 heavy (non-hydrogen) atoms. The van der Waals surface area contributed by atoms with Gasteiger partial charge in [0.25, 0.3) is 12.9 Å². The first-order valence-electron chi connectivity index (χ1n) is 7.15. The maximum atomic E-state index is 13.1. The summed E-state index contributed by atoms with van der Waals surface area (Å²) in [5, 5.41) is 0. The van der Waals surface area contributed by atoms with Crippen LogP contribution in [-0.2, 0) is 19.7 Å². The minimum Gasteiger partial charge on any atom is -0.255 e. The molecule has 0 atom stereocenters. The van der Waals surface area contributed by atoms with Gasteiger partial charge in [-0.1, -0.05) is 0 Å². The van der Waals surface area contributed by atoms with Crippen molar-refractivity contribution in [1.82, 2.24) is 0 Å². The summed E-state index contributed by atoms with van der Waals surface area (Å²) in [6.45, 7) is 0. The Hall–Kier alpha value is -0.770. The molecule has 0 aliphatic heterocycles. The molecule has 0 aromatic carbocycles. The molecule has 0 N–H and O–H groups in total. The zero-order chi connectivity index (χ0) is 22.3. The van der Waals surface area contributed by atoms with E-state index < -0.39 is 86.8 Å². The Balaban J connectivity index is 5.77. The maximum absolute atomic E-state index is 13.1. The quantitative estimate of drug-likeness (QED) is 0.329. The van der Waals surface area contributed by atoms with Crippen LogP contribution in [0.3, 0.4) is 0 Å². The number of alkyl halides is 12. The van der Waals surface area contributed by atoms with E-state index in [2.05, 4.69) is 8.37 Å². The third-order valence-corrected chi connectivity index (χ3v) is 4.20. The molecule has 0 bridgehead atoms. The third-order valence-electron chi connectivity index (χ3n) is 3.26. The lowest BCUT2D eigenvalue weighted by molar-refractivity contribution is -0.151. The fourth-order valence-electron chi connectivity index (χ4n) is 2.06. The highest BCUT2D eigenvalue weighted by Gasteiger charge is 2.52. The van der Waals surface area contributed by atoms with Gasteiger partial charge in [-0.3, -0.25) is 8.37 Å². The zero-order valence-electron chi connectivity index (χ0n) is 13.5. The van der Waals surface area contributed by atoms with Gasteiger partial charge in [-0.25, -0.2) is 52.7 Å². The molecule has 0 heterocycles. The zero-order valence-corrected chi connectivity index (χ0v) is 14.3. The predicted octanol–water partition coefficient (Wildman–Crippen LogP) is 5.23. The van der Waals surface area contributed by atoms with Crippen molar-refractivity contribution in [3.63, 3.8) is 0 Å². The van der Waals surface area contributed by atoms with E-state index in [9.17, 15) is 56.9 Å². The summed E-state index contributed by atoms with van der Waals surface area (Å²) >= 11 is -4.06. The highest BCUT2D eigenvalue weighted by atomic mass is 32.2. The molecule has 0 rings (SSSR count). The standard InChI is InChI=1S/C12H14F12O3S/c13-5(14)1-11(9(21)22,2-6(15)16)26-28(25)27-12(10(23)24,3-7(17)18)4-8(19)20/h5-10H,1-4H2. The highest BCUT2D eigenvalue weighted by Crippen LogP contribution is 2.39. The van der Waals surface area contributed by atoms with Crippen molar-refractivity contribution in [1.29, 1.82) is 0 Å². The van der Waals surface area contributed by atoms with Crippen LogP contribution in [0.25, 0.3) is 0 Å². The lowest BCUT2D eigenvalue weighted by Crippen LogP contribution is -2.48. The van der Waals surface area contributed by atoms with Crippen molar-refractivity contribution in [3.8, 4) is 0 Å². The van der Waals surface area contributed by atoms with Crippen LogP contribution in [0.2, 0.25) is 0 Å². The average molecular weight is 466 g/mol. The Morgan fingerprint density at radius 2 is 0.750 bits per heavy atom. The number of hydrogen-bond acceptors (Lipinski definition) is 3. The second-order valence-corrected chi connectivity index (χ2v) is 6.22. The Kier molecular flexibility index (Phi) is 11.1. The van der Waals surface area contributed by atoms with Gasteiger partial charge in [0.15, 0.2) is 11.2 Å². The van der Waals surface area contributed by atoms with Crippen LogP contribution in [0.15, 0.2) is 0 Å². The summed E-state index contributed by atoms with van der Waals surface area (Å²) in [5.41, 5.74) is -7.76. The normalized spacial score (nSPS) is 14.1. The first-order valence-corrected chi connectivity index (χ1v) is 8.15. The number of hydrogen-bond donors (Lipinski definition) is 0. The van der Waals surface area contributed by atoms with Crippen LogP contribution in [0.1, 0.15) is 25.7 Å². The van der Waals surface area contributed by atoms with Gasteiger partial charge in [0.2, 0.25) is 25.7 Å². The van der Waals surface area contributed by atoms with E-state index >= 15 is 0 Å². The Morgan fingerprint density at radius 3 is 0.893 bits per heavy atom. The summed E-state index contributed by atoms with van der Waals surface area (Å²) in [6.07, 6.45) is -31.9. The van der Waals surface area contributed by atoms with Crippen LogP contribution in [0.4, 0.5) is 52.7 Å². The third kappa shape index (κ3) is 8.71. The second-order valence-electron chi connectivity index (χ2n) is 5.48. The van der Waals surface area contributed by atoms with Crippen LogP contribution >= 0.6 is 0 Å². The molecule has 0 saturated carbocycles. The number of halogens is 12. The van der Waals surface area contributed by atoms with Gasteiger partial charge in [0.1, 0.15) is 0 Å². The van der Waals surface area contributed by atoms with E-state index in [1.165, 1.54) is 0 Å². The first-order chi connectivity index (χ1) is 12.7. The molecule has 16 heteroatoms. The molecule has 0 aromatic heterocycles. The first kappa shape index (κ1) is 27.2. The van der Waals surface area contributed by atoms with Crippen molar-refractivity contribution in [3.05, 3.63) is 0 Å². The molecule has 0 aromatic rings. The van der Waals surface area contributed by atoms with Gasteiger partial charge < -0.3 is 0 Å². The Labute approximate surface area is 153 Å². The molecular weight excluding hydrogens is 452 g/mol. The van der Waals surface area contributed by atoms with E-state index in [0.717, 1.165) is 0 Å². The minimum atomic E-state index is -4.17. The molecule has 170 valence electrons. The summed E-state index contributed by atoms with van der Waals surface area (Å²) in [5.74, 6) is 0. The molecule has 0 unspecified atom stereocenters. The maximum Gasteiger partial charge on any atom is 0.306 e. The molecule has 0 saturated heterocycles. The Morgan fingerprint density at radius 1 is 0.536 bits per heavy atom. The average Bonchev–Trinajstić information content (AvgIpc) is 2.42. The van der Waals surface area contributed by atoms with Crippen molar-refractivity contribution in [2.75, 3.05) is 0 Å². The minimum absolute atomic E-state index is 2.16. The lowest BCUT2D eigenvalue weighted by atomic mass is 9.96. The highest BCUT2D eigenvalue weighted by molar-refractivity contribution is 7.75. The lowest BCUT2D eigenvalue weighted by Gasteiger charge is -2.34. The molecule has 3 nitrogen and oxygen atoms in total. The molecule has 0 spiro atoms. The van der Waals surface area contributed by atoms with Gasteiger partial charge in [0, 0.05) is 25.7 Å². The van der Waals surface area contributed by atoms with E-state index in [1.807, 2.05) is 0 Å². The monoisotopic (exact) mass is 466 g/mol. The van der Waals surface area contributed by atoms with Gasteiger partial charge in [-0.05, 0) is 0 Å². The SMILES string of the molecule is O=S(OC(CC(F)F)(CC(F)F)C(F)F)OC(CC(F)F)(CC(F)F)C(F)F. The van der Waals surface area contributed by atoms with Gasteiger partial charge in [-0.15, -0.1) is 0 Å². The van der Waals surface area contributed by atoms with Crippen LogP contribution in [0, 0.1) is 0 Å². The predicted molar refractivity (Wildman–Crippen MR) is 70.3 cm³/mol. The van der Waals surface area contributed by atoms with Crippen LogP contribution in [-0.4, -0.2) is 54.0 Å². The fraction of sp³-hybridized carbons (Fsp3) is 1.00. The summed E-state index contributed by atoms with van der Waals surface area (Å²) in [7, 11) is 0. The van der Waals surface area contributed by atoms with Crippen molar-refractivity contribution < 1.29 is 65.3 Å². The van der Waals surface area contributed by atoms with Crippen molar-refractivity contribution in [2.24, 2.45) is 0 Å². The largest absolute Gasteiger partial charge is 0.306 e. The molecular formula is C12H14F12O3S. The summed E-state index contributed by atoms with van der Waals surface area (Å²) in [4.78, 5) is 0. The van der Waals surface area contributed by atoms with Gasteiger partial charge >= 0.3 is 11.4 Å². The Bertz CT molecular complexity index is 417. The van der Waals surface area contributed by atoms with Gasteiger partial charge in [0.05, 0.1) is 0 Å². The van der Waals surface area contributed by atoms with E-state index in [1.54, 1.807) is 0 Å². The fourth-order valence-corrected chi connectivity index (χ4v) is 3.06. The molecule has 0 aliphatic carbocycles. The van der Waals surface area contributed by atoms with E-state index in [4.69, 9.17) is 0 Å². The molecule has 0 radical (unpaired) electrons. The van der Waals surface area contributed by atoms with Crippen molar-refractivity contribution >= 4 is 11.4 Å². The summed E-state index contributed by atoms with van der Waals surface area (Å²) < 4.78 is 171. The smallest absolute Gasteiger partial charge is 0.255 e. The molecule has 0 aliphatic rings.